The second-order valence-electron chi connectivity index (χ2n) is 3.50. The van der Waals surface area contributed by atoms with Crippen molar-refractivity contribution in [1.82, 2.24) is 4.98 Å². The third-order valence-electron chi connectivity index (χ3n) is 2.12. The van der Waals surface area contributed by atoms with E-state index < -0.39 is 9.70 Å². The van der Waals surface area contributed by atoms with Gasteiger partial charge in [-0.15, -0.1) is 11.3 Å². The molecule has 0 aliphatic rings. The van der Waals surface area contributed by atoms with Gasteiger partial charge in [0, 0.05) is 16.0 Å². The molecule has 1 heterocycles. The molecule has 1 aromatic carbocycles. The summed E-state index contributed by atoms with van der Waals surface area (Å²) in [6.45, 7) is 0. The molecule has 0 atom stereocenters. The summed E-state index contributed by atoms with van der Waals surface area (Å²) in [6, 6.07) is 7.18. The Morgan fingerprint density at radius 3 is 2.42 bits per heavy atom. The average Bonchev–Trinajstić information content (AvgIpc) is 2.77. The minimum absolute atomic E-state index is 0.362. The number of anilines is 1. The van der Waals surface area contributed by atoms with E-state index in [-0.39, 0.29) is 0 Å². The van der Waals surface area contributed by atoms with Crippen LogP contribution in [-0.4, -0.2) is 14.7 Å². The van der Waals surface area contributed by atoms with Crippen LogP contribution in [0.4, 0.5) is 5.13 Å². The summed E-state index contributed by atoms with van der Waals surface area (Å²) in [7, 11) is 0. The lowest BCUT2D eigenvalue weighted by atomic mass is 10.2. The van der Waals surface area contributed by atoms with Crippen LogP contribution in [0.25, 0.3) is 11.3 Å². The van der Waals surface area contributed by atoms with E-state index in [4.69, 9.17) is 46.4 Å². The van der Waals surface area contributed by atoms with Gasteiger partial charge in [-0.2, -0.15) is 0 Å². The van der Waals surface area contributed by atoms with Gasteiger partial charge in [0.15, 0.2) is 5.13 Å². The molecular weight excluding hydrogens is 350 g/mol. The van der Waals surface area contributed by atoms with Gasteiger partial charge in [-0.1, -0.05) is 58.5 Å². The summed E-state index contributed by atoms with van der Waals surface area (Å²) in [5.74, 6) is -0.741. The number of hydrogen-bond acceptors (Lipinski definition) is 3. The smallest absolute Gasteiger partial charge is 0.278 e. The summed E-state index contributed by atoms with van der Waals surface area (Å²) < 4.78 is -2.01. The molecule has 1 amide bonds. The Kier molecular flexibility index (Phi) is 4.58. The highest BCUT2D eigenvalue weighted by Crippen LogP contribution is 2.30. The maximum atomic E-state index is 11.5. The van der Waals surface area contributed by atoms with E-state index in [2.05, 4.69) is 10.3 Å². The molecule has 2 aromatic rings. The first-order valence-electron chi connectivity index (χ1n) is 4.96. The Morgan fingerprint density at radius 2 is 1.84 bits per heavy atom. The Labute approximate surface area is 133 Å². The van der Waals surface area contributed by atoms with Crippen molar-refractivity contribution in [1.29, 1.82) is 0 Å². The second kappa shape index (κ2) is 5.85. The molecule has 0 aliphatic heterocycles. The lowest BCUT2D eigenvalue weighted by Crippen LogP contribution is -2.26. The van der Waals surface area contributed by atoms with Crippen molar-refractivity contribution in [2.24, 2.45) is 0 Å². The Bertz CT molecular complexity index is 591. The largest absolute Gasteiger partial charge is 0.298 e. The Hall–Kier alpha value is -0.520. The highest BCUT2D eigenvalue weighted by Gasteiger charge is 2.31. The number of thiazole rings is 1. The Balaban J connectivity index is 2.16. The van der Waals surface area contributed by atoms with Crippen molar-refractivity contribution in [3.63, 3.8) is 0 Å². The van der Waals surface area contributed by atoms with E-state index in [0.29, 0.717) is 15.8 Å². The minimum atomic E-state index is -2.01. The van der Waals surface area contributed by atoms with Crippen molar-refractivity contribution in [3.05, 3.63) is 34.7 Å². The minimum Gasteiger partial charge on any atom is -0.298 e. The lowest BCUT2D eigenvalue weighted by Gasteiger charge is -2.08. The third kappa shape index (κ3) is 3.97. The molecule has 8 heteroatoms. The van der Waals surface area contributed by atoms with E-state index in [1.807, 2.05) is 12.1 Å². The first-order chi connectivity index (χ1) is 8.86. The molecule has 19 heavy (non-hydrogen) atoms. The first kappa shape index (κ1) is 14.9. The zero-order valence-electron chi connectivity index (χ0n) is 9.16. The fourth-order valence-electron chi connectivity index (χ4n) is 1.25. The molecule has 100 valence electrons. The lowest BCUT2D eigenvalue weighted by molar-refractivity contribution is -0.115. The number of amides is 1. The molecule has 0 aliphatic carbocycles. The van der Waals surface area contributed by atoms with Crippen LogP contribution in [0.3, 0.4) is 0 Å². The van der Waals surface area contributed by atoms with Crippen LogP contribution in [0.15, 0.2) is 29.6 Å². The number of alkyl halides is 3. The molecule has 3 nitrogen and oxygen atoms in total. The number of rotatable bonds is 2. The van der Waals surface area contributed by atoms with Gasteiger partial charge >= 0.3 is 0 Å². The second-order valence-corrected chi connectivity index (χ2v) is 7.07. The number of nitrogens with one attached hydrogen (secondary N) is 1. The highest BCUT2D eigenvalue weighted by atomic mass is 35.6. The predicted octanol–water partition coefficient (Wildman–Crippen LogP) is 4.77. The van der Waals surface area contributed by atoms with Gasteiger partial charge in [-0.05, 0) is 12.1 Å². The third-order valence-corrected chi connectivity index (χ3v) is 3.65. The number of halogens is 4. The normalized spacial score (nSPS) is 11.4. The number of hydrogen-bond donors (Lipinski definition) is 1. The molecular formula is C11H6Cl4N2OS. The van der Waals surface area contributed by atoms with E-state index in [1.165, 1.54) is 11.3 Å². The average molecular weight is 356 g/mol. The highest BCUT2D eigenvalue weighted by molar-refractivity contribution is 7.14. The van der Waals surface area contributed by atoms with Gasteiger partial charge in [-0.25, -0.2) is 4.98 Å². The topological polar surface area (TPSA) is 42.0 Å². The molecule has 0 radical (unpaired) electrons. The summed E-state index contributed by atoms with van der Waals surface area (Å²) in [6.07, 6.45) is 0. The standard InChI is InChI=1S/C11H6Cl4N2OS/c12-7-3-1-6(2-4-7)8-5-19-10(16-8)17-9(18)11(13,14)15/h1-5H,(H,16,17,18). The van der Waals surface area contributed by atoms with Crippen LogP contribution in [-0.2, 0) is 4.79 Å². The van der Waals surface area contributed by atoms with Gasteiger partial charge in [0.25, 0.3) is 9.70 Å². The predicted molar refractivity (Wildman–Crippen MR) is 81.5 cm³/mol. The number of carbonyl (C=O) groups excluding carboxylic acids is 1. The first-order valence-corrected chi connectivity index (χ1v) is 7.35. The molecule has 0 bridgehead atoms. The monoisotopic (exact) mass is 354 g/mol. The van der Waals surface area contributed by atoms with E-state index >= 15 is 0 Å². The van der Waals surface area contributed by atoms with Gasteiger partial charge in [-0.3, -0.25) is 10.1 Å². The number of nitrogens with zero attached hydrogens (tertiary/aromatic N) is 1. The maximum Gasteiger partial charge on any atom is 0.278 e. The SMILES string of the molecule is O=C(Nc1nc(-c2ccc(Cl)cc2)cs1)C(Cl)(Cl)Cl. The van der Waals surface area contributed by atoms with Crippen LogP contribution < -0.4 is 5.32 Å². The van der Waals surface area contributed by atoms with Crippen molar-refractivity contribution >= 4 is 68.8 Å². The summed E-state index contributed by atoms with van der Waals surface area (Å²) in [5, 5.41) is 5.22. The molecule has 0 saturated carbocycles. The van der Waals surface area contributed by atoms with Crippen molar-refractivity contribution in [2.45, 2.75) is 3.79 Å². The summed E-state index contributed by atoms with van der Waals surface area (Å²) in [4.78, 5) is 15.7. The van der Waals surface area contributed by atoms with Crippen LogP contribution in [0.5, 0.6) is 0 Å². The molecule has 1 aromatic heterocycles. The fourth-order valence-corrected chi connectivity index (χ4v) is 2.23. The zero-order valence-corrected chi connectivity index (χ0v) is 13.0. The molecule has 0 saturated heterocycles. The molecule has 0 unspecified atom stereocenters. The van der Waals surface area contributed by atoms with E-state index in [0.717, 1.165) is 5.56 Å². The van der Waals surface area contributed by atoms with Crippen molar-refractivity contribution in [3.8, 4) is 11.3 Å². The molecule has 1 N–H and O–H groups in total. The molecule has 0 fully saturated rings. The summed E-state index contributed by atoms with van der Waals surface area (Å²) >= 11 is 23.4. The zero-order chi connectivity index (χ0) is 14.0. The van der Waals surface area contributed by atoms with Gasteiger partial charge in [0.05, 0.1) is 5.69 Å². The Morgan fingerprint density at radius 1 is 1.21 bits per heavy atom. The van der Waals surface area contributed by atoms with Crippen molar-refractivity contribution < 1.29 is 4.79 Å². The summed E-state index contributed by atoms with van der Waals surface area (Å²) in [5.41, 5.74) is 1.59. The molecule has 2 rings (SSSR count). The van der Waals surface area contributed by atoms with Gasteiger partial charge in [0.2, 0.25) is 0 Å². The number of aromatic nitrogens is 1. The number of carbonyl (C=O) groups is 1. The van der Waals surface area contributed by atoms with E-state index in [9.17, 15) is 4.79 Å². The van der Waals surface area contributed by atoms with Crippen LogP contribution in [0.1, 0.15) is 0 Å². The molecule has 0 spiro atoms. The van der Waals surface area contributed by atoms with Gasteiger partial charge in [0.1, 0.15) is 0 Å². The van der Waals surface area contributed by atoms with E-state index in [1.54, 1.807) is 17.5 Å². The van der Waals surface area contributed by atoms with Crippen LogP contribution in [0.2, 0.25) is 5.02 Å². The van der Waals surface area contributed by atoms with Crippen LogP contribution in [0, 0.1) is 0 Å². The van der Waals surface area contributed by atoms with Crippen LogP contribution >= 0.6 is 57.7 Å². The maximum absolute atomic E-state index is 11.5. The number of benzene rings is 1. The van der Waals surface area contributed by atoms with Crippen molar-refractivity contribution in [2.75, 3.05) is 5.32 Å². The van der Waals surface area contributed by atoms with Gasteiger partial charge < -0.3 is 0 Å². The fraction of sp³-hybridized carbons (Fsp3) is 0.0909. The quantitative estimate of drug-likeness (QED) is 0.788.